The van der Waals surface area contributed by atoms with Crippen LogP contribution in [0.3, 0.4) is 0 Å². The highest BCUT2D eigenvalue weighted by atomic mass is 32.1. The van der Waals surface area contributed by atoms with Crippen LogP contribution in [0.15, 0.2) is 54.0 Å². The van der Waals surface area contributed by atoms with E-state index >= 15 is 0 Å². The third-order valence-electron chi connectivity index (χ3n) is 3.50. The molecule has 0 aliphatic carbocycles. The molecule has 2 aromatic heterocycles. The van der Waals surface area contributed by atoms with E-state index in [1.54, 1.807) is 6.20 Å². The van der Waals surface area contributed by atoms with E-state index in [0.29, 0.717) is 0 Å². The van der Waals surface area contributed by atoms with Gasteiger partial charge in [-0.15, -0.1) is 11.3 Å². The topological polar surface area (TPSA) is 42.0 Å². The lowest BCUT2D eigenvalue weighted by Gasteiger charge is -2.10. The van der Waals surface area contributed by atoms with Gasteiger partial charge in [-0.3, -0.25) is 9.78 Å². The van der Waals surface area contributed by atoms with Gasteiger partial charge in [0.1, 0.15) is 0 Å². The molecule has 3 nitrogen and oxygen atoms in total. The van der Waals surface area contributed by atoms with E-state index in [4.69, 9.17) is 0 Å². The van der Waals surface area contributed by atoms with E-state index in [0.717, 1.165) is 32.9 Å². The van der Waals surface area contributed by atoms with Crippen molar-refractivity contribution >= 4 is 22.9 Å². The first kappa shape index (κ1) is 14.5. The number of nitrogens with zero attached hydrogens (tertiary/aromatic N) is 1. The molecule has 1 amide bonds. The van der Waals surface area contributed by atoms with Crippen molar-refractivity contribution in [2.75, 3.05) is 5.32 Å². The molecule has 3 rings (SSSR count). The van der Waals surface area contributed by atoms with Crippen molar-refractivity contribution in [2.24, 2.45) is 0 Å². The summed E-state index contributed by atoms with van der Waals surface area (Å²) in [5.74, 6) is -0.0664. The Morgan fingerprint density at radius 3 is 2.64 bits per heavy atom. The second kappa shape index (κ2) is 6.12. The first-order chi connectivity index (χ1) is 10.6. The Morgan fingerprint density at radius 1 is 1.09 bits per heavy atom. The largest absolute Gasteiger partial charge is 0.321 e. The van der Waals surface area contributed by atoms with Crippen molar-refractivity contribution in [3.8, 4) is 11.3 Å². The predicted molar refractivity (Wildman–Crippen MR) is 91.4 cm³/mol. The Hall–Kier alpha value is -2.46. The van der Waals surface area contributed by atoms with Crippen molar-refractivity contribution in [1.29, 1.82) is 0 Å². The van der Waals surface area contributed by atoms with E-state index < -0.39 is 0 Å². The summed E-state index contributed by atoms with van der Waals surface area (Å²) in [6.45, 7) is 3.99. The van der Waals surface area contributed by atoms with Crippen LogP contribution in [0.5, 0.6) is 0 Å². The van der Waals surface area contributed by atoms with Gasteiger partial charge in [0.25, 0.3) is 5.91 Å². The number of benzene rings is 1. The third kappa shape index (κ3) is 2.92. The highest BCUT2D eigenvalue weighted by molar-refractivity contribution is 7.12. The van der Waals surface area contributed by atoms with Crippen molar-refractivity contribution in [3.63, 3.8) is 0 Å². The van der Waals surface area contributed by atoms with E-state index in [2.05, 4.69) is 10.3 Å². The maximum absolute atomic E-state index is 12.3. The summed E-state index contributed by atoms with van der Waals surface area (Å²) in [7, 11) is 0. The van der Waals surface area contributed by atoms with E-state index in [1.165, 1.54) is 11.3 Å². The van der Waals surface area contributed by atoms with Crippen LogP contribution in [-0.2, 0) is 0 Å². The predicted octanol–water partition coefficient (Wildman–Crippen LogP) is 4.68. The lowest BCUT2D eigenvalue weighted by atomic mass is 10.0. The van der Waals surface area contributed by atoms with Gasteiger partial charge >= 0.3 is 0 Å². The highest BCUT2D eigenvalue weighted by Gasteiger charge is 2.12. The summed E-state index contributed by atoms with van der Waals surface area (Å²) >= 11 is 1.46. The summed E-state index contributed by atoms with van der Waals surface area (Å²) in [5.41, 5.74) is 4.84. The van der Waals surface area contributed by atoms with Crippen LogP contribution >= 0.6 is 11.3 Å². The van der Waals surface area contributed by atoms with E-state index in [9.17, 15) is 4.79 Å². The molecule has 22 heavy (non-hydrogen) atoms. The summed E-state index contributed by atoms with van der Waals surface area (Å²) in [5, 5.41) is 4.90. The fourth-order valence-corrected chi connectivity index (χ4v) is 3.11. The molecule has 0 bridgehead atoms. The zero-order valence-electron chi connectivity index (χ0n) is 12.5. The van der Waals surface area contributed by atoms with Gasteiger partial charge in [0.05, 0.1) is 10.6 Å². The lowest BCUT2D eigenvalue weighted by molar-refractivity contribution is 0.103. The molecular formula is C18H16N2OS. The number of amides is 1. The van der Waals surface area contributed by atoms with Crippen LogP contribution in [0, 0.1) is 13.8 Å². The second-order valence-corrected chi connectivity index (χ2v) is 6.05. The summed E-state index contributed by atoms with van der Waals surface area (Å²) in [4.78, 5) is 17.4. The average molecular weight is 308 g/mol. The number of thiophene rings is 1. The van der Waals surface area contributed by atoms with E-state index in [1.807, 2.05) is 61.7 Å². The van der Waals surface area contributed by atoms with Gasteiger partial charge in [-0.2, -0.15) is 0 Å². The number of nitrogens with one attached hydrogen (secondary N) is 1. The minimum Gasteiger partial charge on any atom is -0.321 e. The zero-order valence-corrected chi connectivity index (χ0v) is 13.3. The minimum atomic E-state index is -0.0664. The minimum absolute atomic E-state index is 0.0664. The van der Waals surface area contributed by atoms with Crippen molar-refractivity contribution in [3.05, 3.63) is 70.0 Å². The van der Waals surface area contributed by atoms with Gasteiger partial charge in [0.15, 0.2) is 0 Å². The highest BCUT2D eigenvalue weighted by Crippen LogP contribution is 2.26. The van der Waals surface area contributed by atoms with E-state index in [-0.39, 0.29) is 5.91 Å². The smallest absolute Gasteiger partial charge is 0.265 e. The Morgan fingerprint density at radius 2 is 1.95 bits per heavy atom. The number of aryl methyl sites for hydroxylation is 2. The number of carbonyl (C=O) groups excluding carboxylic acids is 1. The molecule has 2 heterocycles. The molecule has 0 saturated heterocycles. The third-order valence-corrected chi connectivity index (χ3v) is 4.52. The molecule has 0 spiro atoms. The fraction of sp³-hybridized carbons (Fsp3) is 0.111. The zero-order chi connectivity index (χ0) is 15.5. The van der Waals surface area contributed by atoms with Gasteiger partial charge in [0.2, 0.25) is 0 Å². The second-order valence-electron chi connectivity index (χ2n) is 5.13. The van der Waals surface area contributed by atoms with Crippen LogP contribution in [-0.4, -0.2) is 10.9 Å². The summed E-state index contributed by atoms with van der Waals surface area (Å²) in [6, 6.07) is 13.7. The Bertz CT molecular complexity index is 809. The van der Waals surface area contributed by atoms with Gasteiger partial charge in [-0.25, -0.2) is 0 Å². The van der Waals surface area contributed by atoms with Crippen molar-refractivity contribution in [1.82, 2.24) is 4.98 Å². The van der Waals surface area contributed by atoms with Gasteiger partial charge in [-0.1, -0.05) is 12.1 Å². The van der Waals surface area contributed by atoms with Gasteiger partial charge in [-0.05, 0) is 60.7 Å². The average Bonchev–Trinajstić information content (AvgIpc) is 2.96. The standard InChI is InChI=1S/C18H16N2OS/c1-12-6-7-14(11-15(12)16-5-3-4-9-19-16)20-18(21)17-13(2)8-10-22-17/h3-11H,1-2H3,(H,20,21). The summed E-state index contributed by atoms with van der Waals surface area (Å²) in [6.07, 6.45) is 1.77. The number of carbonyl (C=O) groups is 1. The Balaban J connectivity index is 1.90. The van der Waals surface area contributed by atoms with Crippen molar-refractivity contribution in [2.45, 2.75) is 13.8 Å². The maximum atomic E-state index is 12.3. The fourth-order valence-electron chi connectivity index (χ4n) is 2.29. The first-order valence-corrected chi connectivity index (χ1v) is 7.90. The molecule has 0 aliphatic heterocycles. The molecule has 1 N–H and O–H groups in total. The lowest BCUT2D eigenvalue weighted by Crippen LogP contribution is -2.11. The SMILES string of the molecule is Cc1ccc(NC(=O)c2sccc2C)cc1-c1ccccn1. The van der Waals surface area contributed by atoms with Crippen LogP contribution in [0.1, 0.15) is 20.8 Å². The Kier molecular flexibility index (Phi) is 4.02. The quantitative estimate of drug-likeness (QED) is 0.763. The number of hydrogen-bond donors (Lipinski definition) is 1. The summed E-state index contributed by atoms with van der Waals surface area (Å²) < 4.78 is 0. The maximum Gasteiger partial charge on any atom is 0.265 e. The van der Waals surface area contributed by atoms with Crippen molar-refractivity contribution < 1.29 is 4.79 Å². The number of pyridine rings is 1. The monoisotopic (exact) mass is 308 g/mol. The molecular weight excluding hydrogens is 292 g/mol. The normalized spacial score (nSPS) is 10.5. The molecule has 1 aromatic carbocycles. The Labute approximate surface area is 133 Å². The molecule has 0 fully saturated rings. The molecule has 3 aromatic rings. The van der Waals surface area contributed by atoms with Crippen LogP contribution in [0.4, 0.5) is 5.69 Å². The molecule has 4 heteroatoms. The molecule has 0 radical (unpaired) electrons. The number of aromatic nitrogens is 1. The van der Waals surface area contributed by atoms with Crippen LogP contribution < -0.4 is 5.32 Å². The molecule has 0 saturated carbocycles. The van der Waals surface area contributed by atoms with Crippen LogP contribution in [0.25, 0.3) is 11.3 Å². The van der Waals surface area contributed by atoms with Crippen LogP contribution in [0.2, 0.25) is 0 Å². The molecule has 0 unspecified atom stereocenters. The number of anilines is 1. The molecule has 110 valence electrons. The number of rotatable bonds is 3. The molecule has 0 atom stereocenters. The van der Waals surface area contributed by atoms with Gasteiger partial charge < -0.3 is 5.32 Å². The van der Waals surface area contributed by atoms with Gasteiger partial charge in [0, 0.05) is 17.4 Å². The first-order valence-electron chi connectivity index (χ1n) is 7.02. The number of hydrogen-bond acceptors (Lipinski definition) is 3. The molecule has 0 aliphatic rings.